The number of carboxylic acids is 1. The molecule has 1 saturated heterocycles. The third-order valence-electron chi connectivity index (χ3n) is 5.00. The van der Waals surface area contributed by atoms with E-state index in [0.717, 1.165) is 44.7 Å². The SMILES string of the molecule is O=C(O)c1cnc(N2CCCC(c3ncc4n3CCCC4)C2)cn1. The Labute approximate surface area is 140 Å². The standard InChI is InChI=1S/C17H21N5O2/c23-17(24)14-9-19-15(10-18-14)21-6-3-4-12(11-21)16-20-8-13-5-1-2-7-22(13)16/h8-10,12H,1-7,11H2,(H,23,24). The van der Waals surface area contributed by atoms with Crippen LogP contribution in [0.5, 0.6) is 0 Å². The normalized spacial score (nSPS) is 20.7. The molecular formula is C17H21N5O2. The number of rotatable bonds is 3. The summed E-state index contributed by atoms with van der Waals surface area (Å²) >= 11 is 0. The van der Waals surface area contributed by atoms with E-state index in [1.165, 1.54) is 30.6 Å². The number of carboxylic acid groups (broad SMARTS) is 1. The van der Waals surface area contributed by atoms with Crippen molar-refractivity contribution >= 4 is 11.8 Å². The van der Waals surface area contributed by atoms with Gasteiger partial charge in [0.1, 0.15) is 11.6 Å². The number of piperidine rings is 1. The molecule has 1 atom stereocenters. The predicted molar refractivity (Wildman–Crippen MR) is 88.3 cm³/mol. The topological polar surface area (TPSA) is 84.1 Å². The number of anilines is 1. The van der Waals surface area contributed by atoms with E-state index in [0.29, 0.717) is 5.92 Å². The second-order valence-corrected chi connectivity index (χ2v) is 6.57. The van der Waals surface area contributed by atoms with E-state index in [1.807, 2.05) is 6.20 Å². The van der Waals surface area contributed by atoms with Gasteiger partial charge in [-0.1, -0.05) is 0 Å². The van der Waals surface area contributed by atoms with Gasteiger partial charge in [0.05, 0.1) is 12.4 Å². The lowest BCUT2D eigenvalue weighted by atomic mass is 9.96. The van der Waals surface area contributed by atoms with Crippen LogP contribution >= 0.6 is 0 Å². The zero-order valence-electron chi connectivity index (χ0n) is 13.6. The van der Waals surface area contributed by atoms with Crippen molar-refractivity contribution in [2.24, 2.45) is 0 Å². The van der Waals surface area contributed by atoms with Crippen LogP contribution in [-0.4, -0.2) is 43.7 Å². The lowest BCUT2D eigenvalue weighted by Crippen LogP contribution is -2.36. The number of aryl methyl sites for hydroxylation is 1. The van der Waals surface area contributed by atoms with Crippen LogP contribution in [0.4, 0.5) is 5.82 Å². The van der Waals surface area contributed by atoms with Gasteiger partial charge in [0.15, 0.2) is 5.69 Å². The largest absolute Gasteiger partial charge is 0.476 e. The molecule has 0 aromatic carbocycles. The van der Waals surface area contributed by atoms with E-state index >= 15 is 0 Å². The van der Waals surface area contributed by atoms with Crippen molar-refractivity contribution in [3.8, 4) is 0 Å². The Morgan fingerprint density at radius 2 is 2.00 bits per heavy atom. The second kappa shape index (κ2) is 6.22. The van der Waals surface area contributed by atoms with E-state index in [-0.39, 0.29) is 5.69 Å². The Morgan fingerprint density at radius 1 is 1.08 bits per heavy atom. The lowest BCUT2D eigenvalue weighted by Gasteiger charge is -2.33. The molecule has 1 unspecified atom stereocenters. The highest BCUT2D eigenvalue weighted by Crippen LogP contribution is 2.30. The van der Waals surface area contributed by atoms with Gasteiger partial charge in [0, 0.05) is 37.4 Å². The lowest BCUT2D eigenvalue weighted by molar-refractivity contribution is 0.0690. The molecule has 2 aliphatic heterocycles. The summed E-state index contributed by atoms with van der Waals surface area (Å²) in [7, 11) is 0. The maximum Gasteiger partial charge on any atom is 0.356 e. The van der Waals surface area contributed by atoms with Gasteiger partial charge in [0.25, 0.3) is 0 Å². The summed E-state index contributed by atoms with van der Waals surface area (Å²) in [6.45, 7) is 2.86. The molecule has 0 radical (unpaired) electrons. The van der Waals surface area contributed by atoms with Crippen LogP contribution in [0.2, 0.25) is 0 Å². The van der Waals surface area contributed by atoms with Gasteiger partial charge in [-0.05, 0) is 32.1 Å². The van der Waals surface area contributed by atoms with Crippen molar-refractivity contribution < 1.29 is 9.90 Å². The summed E-state index contributed by atoms with van der Waals surface area (Å²) in [6, 6.07) is 0. The second-order valence-electron chi connectivity index (χ2n) is 6.57. The minimum absolute atomic E-state index is 0.0189. The van der Waals surface area contributed by atoms with Crippen LogP contribution in [0.15, 0.2) is 18.6 Å². The van der Waals surface area contributed by atoms with E-state index < -0.39 is 5.97 Å². The van der Waals surface area contributed by atoms with Crippen LogP contribution in [0.25, 0.3) is 0 Å². The smallest absolute Gasteiger partial charge is 0.356 e. The Kier molecular flexibility index (Phi) is 3.92. The maximum atomic E-state index is 10.9. The molecule has 2 aromatic rings. The molecule has 7 heteroatoms. The van der Waals surface area contributed by atoms with E-state index in [2.05, 4.69) is 19.4 Å². The molecule has 4 rings (SSSR count). The molecule has 0 bridgehead atoms. The molecule has 2 aromatic heterocycles. The van der Waals surface area contributed by atoms with Crippen molar-refractivity contribution in [2.75, 3.05) is 18.0 Å². The minimum atomic E-state index is -1.05. The molecule has 0 spiro atoms. The Bertz CT molecular complexity index is 740. The van der Waals surface area contributed by atoms with Gasteiger partial charge in [-0.2, -0.15) is 0 Å². The number of nitrogens with zero attached hydrogens (tertiary/aromatic N) is 5. The number of aromatic carboxylic acids is 1. The molecule has 126 valence electrons. The van der Waals surface area contributed by atoms with E-state index in [1.54, 1.807) is 6.20 Å². The molecule has 24 heavy (non-hydrogen) atoms. The third-order valence-corrected chi connectivity index (χ3v) is 5.00. The molecule has 0 amide bonds. The quantitative estimate of drug-likeness (QED) is 0.929. The Balaban J connectivity index is 1.53. The Morgan fingerprint density at radius 3 is 2.79 bits per heavy atom. The van der Waals surface area contributed by atoms with Crippen molar-refractivity contribution in [3.63, 3.8) is 0 Å². The number of imidazole rings is 1. The van der Waals surface area contributed by atoms with Gasteiger partial charge in [-0.15, -0.1) is 0 Å². The van der Waals surface area contributed by atoms with Gasteiger partial charge in [-0.25, -0.2) is 19.7 Å². The van der Waals surface area contributed by atoms with Crippen LogP contribution in [-0.2, 0) is 13.0 Å². The zero-order valence-corrected chi connectivity index (χ0v) is 13.6. The molecule has 0 aliphatic carbocycles. The van der Waals surface area contributed by atoms with Crippen LogP contribution in [0, 0.1) is 0 Å². The van der Waals surface area contributed by atoms with Crippen molar-refractivity contribution in [2.45, 2.75) is 44.6 Å². The van der Waals surface area contributed by atoms with Crippen molar-refractivity contribution in [3.05, 3.63) is 35.8 Å². The molecule has 4 heterocycles. The fourth-order valence-corrected chi connectivity index (χ4v) is 3.78. The molecular weight excluding hydrogens is 306 g/mol. The van der Waals surface area contributed by atoms with Crippen LogP contribution in [0.3, 0.4) is 0 Å². The third kappa shape index (κ3) is 2.74. The number of aromatic nitrogens is 4. The van der Waals surface area contributed by atoms with E-state index in [9.17, 15) is 4.79 Å². The first-order valence-electron chi connectivity index (χ1n) is 8.57. The predicted octanol–water partition coefficient (Wildman–Crippen LogP) is 2.09. The highest BCUT2D eigenvalue weighted by molar-refractivity contribution is 5.84. The molecule has 1 N–H and O–H groups in total. The first-order chi connectivity index (χ1) is 11.7. The molecule has 2 aliphatic rings. The summed E-state index contributed by atoms with van der Waals surface area (Å²) in [5, 5.41) is 8.94. The maximum absolute atomic E-state index is 10.9. The average Bonchev–Trinajstić information content (AvgIpc) is 3.06. The number of hydrogen-bond donors (Lipinski definition) is 1. The first-order valence-corrected chi connectivity index (χ1v) is 8.57. The summed E-state index contributed by atoms with van der Waals surface area (Å²) in [5.41, 5.74) is 1.34. The zero-order chi connectivity index (χ0) is 16.5. The fourth-order valence-electron chi connectivity index (χ4n) is 3.78. The minimum Gasteiger partial charge on any atom is -0.476 e. The van der Waals surface area contributed by atoms with Gasteiger partial charge >= 0.3 is 5.97 Å². The highest BCUT2D eigenvalue weighted by atomic mass is 16.4. The van der Waals surface area contributed by atoms with Gasteiger partial charge < -0.3 is 14.6 Å². The van der Waals surface area contributed by atoms with E-state index in [4.69, 9.17) is 10.1 Å². The summed E-state index contributed by atoms with van der Waals surface area (Å²) < 4.78 is 2.40. The van der Waals surface area contributed by atoms with Crippen LogP contribution < -0.4 is 4.90 Å². The van der Waals surface area contributed by atoms with Crippen molar-refractivity contribution in [1.82, 2.24) is 19.5 Å². The summed E-state index contributed by atoms with van der Waals surface area (Å²) in [4.78, 5) is 26.1. The summed E-state index contributed by atoms with van der Waals surface area (Å²) in [6.07, 6.45) is 10.8. The summed E-state index contributed by atoms with van der Waals surface area (Å²) in [5.74, 6) is 1.29. The number of hydrogen-bond acceptors (Lipinski definition) is 5. The number of fused-ring (bicyclic) bond motifs is 1. The molecule has 1 fully saturated rings. The average molecular weight is 327 g/mol. The van der Waals surface area contributed by atoms with Crippen LogP contribution in [0.1, 0.15) is 53.6 Å². The Hall–Kier alpha value is -2.44. The fraction of sp³-hybridized carbons (Fsp3) is 0.529. The highest BCUT2D eigenvalue weighted by Gasteiger charge is 2.27. The monoisotopic (exact) mass is 327 g/mol. The molecule has 7 nitrogen and oxygen atoms in total. The van der Waals surface area contributed by atoms with Gasteiger partial charge in [0.2, 0.25) is 0 Å². The number of carbonyl (C=O) groups is 1. The van der Waals surface area contributed by atoms with Gasteiger partial charge in [-0.3, -0.25) is 0 Å². The first kappa shape index (κ1) is 15.1. The molecule has 0 saturated carbocycles. The van der Waals surface area contributed by atoms with Crippen molar-refractivity contribution in [1.29, 1.82) is 0 Å².